The number of hydrogen-bond acceptors (Lipinski definition) is 5. The van der Waals surface area contributed by atoms with Crippen molar-refractivity contribution in [2.75, 3.05) is 13.2 Å². The maximum absolute atomic E-state index is 12.9. The van der Waals surface area contributed by atoms with Gasteiger partial charge in [0.1, 0.15) is 11.4 Å². The third-order valence-corrected chi connectivity index (χ3v) is 5.89. The highest BCUT2D eigenvalue weighted by molar-refractivity contribution is 5.95. The van der Waals surface area contributed by atoms with Gasteiger partial charge in [0, 0.05) is 58.4 Å². The van der Waals surface area contributed by atoms with Gasteiger partial charge in [0.15, 0.2) is 0 Å². The topological polar surface area (TPSA) is 86.9 Å². The van der Waals surface area contributed by atoms with Crippen molar-refractivity contribution in [2.45, 2.75) is 25.3 Å². The lowest BCUT2D eigenvalue weighted by Gasteiger charge is -2.23. The molecule has 5 rings (SSSR count). The summed E-state index contributed by atoms with van der Waals surface area (Å²) in [4.78, 5) is 22.2. The van der Waals surface area contributed by atoms with Crippen LogP contribution in [0.15, 0.2) is 48.9 Å². The van der Waals surface area contributed by atoms with Crippen molar-refractivity contribution in [1.82, 2.24) is 29.6 Å². The summed E-state index contributed by atoms with van der Waals surface area (Å²) in [6.45, 7) is 1.37. The smallest absolute Gasteiger partial charge is 0.270 e. The van der Waals surface area contributed by atoms with E-state index in [0.717, 1.165) is 46.4 Å². The fourth-order valence-corrected chi connectivity index (χ4v) is 4.20. The van der Waals surface area contributed by atoms with Gasteiger partial charge in [0.25, 0.3) is 5.91 Å². The summed E-state index contributed by atoms with van der Waals surface area (Å²) in [5.41, 5.74) is 6.09. The van der Waals surface area contributed by atoms with Crippen LogP contribution >= 0.6 is 0 Å². The van der Waals surface area contributed by atoms with E-state index in [2.05, 4.69) is 26.4 Å². The predicted molar refractivity (Wildman–Crippen MR) is 121 cm³/mol. The number of carbonyl (C=O) groups is 1. The van der Waals surface area contributed by atoms with Gasteiger partial charge < -0.3 is 14.6 Å². The van der Waals surface area contributed by atoms with E-state index in [1.807, 2.05) is 61.5 Å². The normalized spacial score (nSPS) is 14.7. The van der Waals surface area contributed by atoms with Crippen molar-refractivity contribution in [3.63, 3.8) is 0 Å². The standard InChI is InChI=1S/C24H26N6O2/c1-29-9-5-21-23(29)17(14-22(27-21)24(31)26-18-7-11-32-12-8-18)13-16-3-4-19(25-15-16)20-6-10-30(2)28-20/h3-6,9-10,14-15,18H,7-8,11-13H2,1-2H3,(H,26,31). The molecule has 1 N–H and O–H groups in total. The Bertz CT molecular complexity index is 1250. The van der Waals surface area contributed by atoms with E-state index in [1.54, 1.807) is 4.68 Å². The monoisotopic (exact) mass is 430 g/mol. The fraction of sp³-hybridized carbons (Fsp3) is 0.333. The maximum Gasteiger partial charge on any atom is 0.270 e. The zero-order valence-electron chi connectivity index (χ0n) is 18.3. The lowest BCUT2D eigenvalue weighted by Crippen LogP contribution is -2.39. The molecule has 0 bridgehead atoms. The van der Waals surface area contributed by atoms with Crippen LogP contribution in [0.25, 0.3) is 22.4 Å². The highest BCUT2D eigenvalue weighted by Gasteiger charge is 2.20. The van der Waals surface area contributed by atoms with Crippen LogP contribution in [0.1, 0.15) is 34.5 Å². The number of carbonyl (C=O) groups excluding carboxylic acids is 1. The number of nitrogens with one attached hydrogen (secondary N) is 1. The molecule has 4 aromatic rings. The van der Waals surface area contributed by atoms with E-state index in [4.69, 9.17) is 4.74 Å². The molecule has 0 unspecified atom stereocenters. The third kappa shape index (κ3) is 4.13. The molecule has 8 nitrogen and oxygen atoms in total. The Morgan fingerprint density at radius 1 is 1.12 bits per heavy atom. The van der Waals surface area contributed by atoms with Gasteiger partial charge in [-0.05, 0) is 48.2 Å². The number of aryl methyl sites for hydroxylation is 2. The molecule has 164 valence electrons. The molecular weight excluding hydrogens is 404 g/mol. The van der Waals surface area contributed by atoms with E-state index in [-0.39, 0.29) is 11.9 Å². The maximum atomic E-state index is 12.9. The Morgan fingerprint density at radius 3 is 2.69 bits per heavy atom. The Hall–Kier alpha value is -3.52. The second-order valence-electron chi connectivity index (χ2n) is 8.29. The second kappa shape index (κ2) is 8.55. The van der Waals surface area contributed by atoms with Crippen LogP contribution in [0.4, 0.5) is 0 Å². The number of ether oxygens (including phenoxy) is 1. The molecule has 1 fully saturated rings. The molecule has 1 saturated heterocycles. The Balaban J connectivity index is 1.42. The molecule has 5 heterocycles. The first-order valence-electron chi connectivity index (χ1n) is 10.9. The first-order chi connectivity index (χ1) is 15.6. The largest absolute Gasteiger partial charge is 0.381 e. The first kappa shape index (κ1) is 20.4. The minimum atomic E-state index is -0.132. The molecule has 1 amide bonds. The predicted octanol–water partition coefficient (Wildman–Crippen LogP) is 2.87. The van der Waals surface area contributed by atoms with Crippen LogP contribution < -0.4 is 5.32 Å². The Kier molecular flexibility index (Phi) is 5.45. The van der Waals surface area contributed by atoms with Gasteiger partial charge in [-0.15, -0.1) is 0 Å². The molecule has 0 spiro atoms. The van der Waals surface area contributed by atoms with Gasteiger partial charge in [-0.3, -0.25) is 14.5 Å². The van der Waals surface area contributed by atoms with Gasteiger partial charge in [0.2, 0.25) is 0 Å². The van der Waals surface area contributed by atoms with E-state index in [1.165, 1.54) is 0 Å². The number of pyridine rings is 2. The molecule has 0 aliphatic carbocycles. The molecule has 0 saturated carbocycles. The highest BCUT2D eigenvalue weighted by atomic mass is 16.5. The fourth-order valence-electron chi connectivity index (χ4n) is 4.20. The van der Waals surface area contributed by atoms with E-state index >= 15 is 0 Å². The average molecular weight is 431 g/mol. The Morgan fingerprint density at radius 2 is 1.97 bits per heavy atom. The van der Waals surface area contributed by atoms with Crippen molar-refractivity contribution in [3.8, 4) is 11.4 Å². The molecule has 1 aliphatic heterocycles. The molecule has 32 heavy (non-hydrogen) atoms. The SMILES string of the molecule is Cn1ccc(-c2ccc(Cc3cc(C(=O)NC4CCOCC4)nc4ccn(C)c34)cn2)n1. The Labute approximate surface area is 186 Å². The first-order valence-corrected chi connectivity index (χ1v) is 10.9. The number of rotatable bonds is 5. The number of amides is 1. The summed E-state index contributed by atoms with van der Waals surface area (Å²) in [6, 6.07) is 9.99. The van der Waals surface area contributed by atoms with E-state index in [0.29, 0.717) is 25.3 Å². The van der Waals surface area contributed by atoms with Gasteiger partial charge in [-0.2, -0.15) is 5.10 Å². The van der Waals surface area contributed by atoms with Crippen LogP contribution in [0, 0.1) is 0 Å². The summed E-state index contributed by atoms with van der Waals surface area (Å²) in [5, 5.41) is 7.53. The van der Waals surface area contributed by atoms with Crippen LogP contribution in [0.3, 0.4) is 0 Å². The van der Waals surface area contributed by atoms with Crippen molar-refractivity contribution in [2.24, 2.45) is 14.1 Å². The van der Waals surface area contributed by atoms with Crippen LogP contribution in [-0.4, -0.2) is 49.5 Å². The zero-order valence-corrected chi connectivity index (χ0v) is 18.3. The highest BCUT2D eigenvalue weighted by Crippen LogP contribution is 2.23. The summed E-state index contributed by atoms with van der Waals surface area (Å²) in [5.74, 6) is -0.132. The quantitative estimate of drug-likeness (QED) is 0.526. The van der Waals surface area contributed by atoms with Crippen LogP contribution in [-0.2, 0) is 25.3 Å². The number of nitrogens with zero attached hydrogens (tertiary/aromatic N) is 5. The summed E-state index contributed by atoms with van der Waals surface area (Å²) < 4.78 is 9.20. The van der Waals surface area contributed by atoms with Crippen molar-refractivity contribution < 1.29 is 9.53 Å². The molecule has 0 atom stereocenters. The minimum absolute atomic E-state index is 0.132. The minimum Gasteiger partial charge on any atom is -0.381 e. The number of hydrogen-bond donors (Lipinski definition) is 1. The lowest BCUT2D eigenvalue weighted by atomic mass is 10.0. The molecule has 8 heteroatoms. The molecule has 0 radical (unpaired) electrons. The third-order valence-electron chi connectivity index (χ3n) is 5.89. The van der Waals surface area contributed by atoms with Gasteiger partial charge in [-0.25, -0.2) is 4.98 Å². The lowest BCUT2D eigenvalue weighted by molar-refractivity contribution is 0.0694. The van der Waals surface area contributed by atoms with E-state index in [9.17, 15) is 4.79 Å². The summed E-state index contributed by atoms with van der Waals surface area (Å²) in [7, 11) is 3.89. The number of fused-ring (bicyclic) bond motifs is 1. The molecule has 1 aliphatic rings. The van der Waals surface area contributed by atoms with Gasteiger partial charge >= 0.3 is 0 Å². The molecule has 4 aromatic heterocycles. The average Bonchev–Trinajstić information content (AvgIpc) is 3.41. The summed E-state index contributed by atoms with van der Waals surface area (Å²) in [6.07, 6.45) is 8.08. The van der Waals surface area contributed by atoms with Crippen molar-refractivity contribution in [1.29, 1.82) is 0 Å². The second-order valence-corrected chi connectivity index (χ2v) is 8.29. The molecular formula is C24H26N6O2. The number of aromatic nitrogens is 5. The van der Waals surface area contributed by atoms with Crippen LogP contribution in [0.5, 0.6) is 0 Å². The van der Waals surface area contributed by atoms with E-state index < -0.39 is 0 Å². The van der Waals surface area contributed by atoms with Crippen molar-refractivity contribution >= 4 is 16.9 Å². The zero-order chi connectivity index (χ0) is 22.1. The van der Waals surface area contributed by atoms with Gasteiger partial charge in [0.05, 0.1) is 16.7 Å². The van der Waals surface area contributed by atoms with Crippen LogP contribution in [0.2, 0.25) is 0 Å². The summed E-state index contributed by atoms with van der Waals surface area (Å²) >= 11 is 0. The van der Waals surface area contributed by atoms with Crippen molar-refractivity contribution in [3.05, 3.63) is 65.7 Å². The van der Waals surface area contributed by atoms with Gasteiger partial charge in [-0.1, -0.05) is 6.07 Å². The molecule has 0 aromatic carbocycles.